The van der Waals surface area contributed by atoms with Crippen molar-refractivity contribution in [3.63, 3.8) is 0 Å². The number of esters is 1. The number of imidazole rings is 1. The van der Waals surface area contributed by atoms with Crippen LogP contribution in [0.3, 0.4) is 0 Å². The number of anilines is 1. The van der Waals surface area contributed by atoms with Crippen molar-refractivity contribution in [2.75, 3.05) is 32.8 Å². The van der Waals surface area contributed by atoms with Gasteiger partial charge >= 0.3 is 5.97 Å². The molecule has 2 aromatic heterocycles. The summed E-state index contributed by atoms with van der Waals surface area (Å²) in [6.45, 7) is 5.28. The Hall–Kier alpha value is -3.46. The molecule has 4 rings (SSSR count). The lowest BCUT2D eigenvalue weighted by Gasteiger charge is -2.18. The molecular formula is C37H52N4O4S. The summed E-state index contributed by atoms with van der Waals surface area (Å²) in [5, 5.41) is 6.60. The van der Waals surface area contributed by atoms with E-state index >= 15 is 0 Å². The van der Waals surface area contributed by atoms with Crippen molar-refractivity contribution in [1.29, 1.82) is 0 Å². The average molecular weight is 649 g/mol. The number of aryl methyl sites for hydroxylation is 1. The molecule has 0 unspecified atom stereocenters. The lowest BCUT2D eigenvalue weighted by atomic mass is 10.0. The fourth-order valence-electron chi connectivity index (χ4n) is 6.00. The summed E-state index contributed by atoms with van der Waals surface area (Å²) in [6.07, 6.45) is 26.1. The summed E-state index contributed by atoms with van der Waals surface area (Å²) in [6, 6.07) is 6.19. The number of benzene rings is 1. The number of hydrogen-bond acceptors (Lipinski definition) is 8. The maximum atomic E-state index is 12.6. The molecule has 0 saturated heterocycles. The van der Waals surface area contributed by atoms with Crippen LogP contribution in [0.15, 0.2) is 46.4 Å². The van der Waals surface area contributed by atoms with Crippen molar-refractivity contribution >= 4 is 35.1 Å². The summed E-state index contributed by atoms with van der Waals surface area (Å²) >= 11 is 1.75. The predicted molar refractivity (Wildman–Crippen MR) is 189 cm³/mol. The third kappa shape index (κ3) is 9.08. The Balaban J connectivity index is 1.41. The smallest absolute Gasteiger partial charge is 0.347 e. The van der Waals surface area contributed by atoms with Gasteiger partial charge in [-0.2, -0.15) is 0 Å². The van der Waals surface area contributed by atoms with Gasteiger partial charge in [-0.25, -0.2) is 14.3 Å². The minimum Gasteiger partial charge on any atom is -0.497 e. The maximum absolute atomic E-state index is 12.6. The Morgan fingerprint density at radius 3 is 2.11 bits per heavy atom. The van der Waals surface area contributed by atoms with Crippen LogP contribution in [0.5, 0.6) is 11.6 Å². The zero-order chi connectivity index (χ0) is 32.7. The number of carbonyl (C=O) groups is 1. The first-order chi connectivity index (χ1) is 22.6. The quantitative estimate of drug-likeness (QED) is 0.0890. The van der Waals surface area contributed by atoms with E-state index in [2.05, 4.69) is 42.1 Å². The Morgan fingerprint density at radius 2 is 1.50 bits per heavy atom. The zero-order valence-corrected chi connectivity index (χ0v) is 29.3. The van der Waals surface area contributed by atoms with Crippen LogP contribution in [0.4, 0.5) is 5.69 Å². The second kappa shape index (κ2) is 18.6. The highest BCUT2D eigenvalue weighted by atomic mass is 32.2. The van der Waals surface area contributed by atoms with Gasteiger partial charge < -0.3 is 19.1 Å². The van der Waals surface area contributed by atoms with Crippen molar-refractivity contribution in [2.24, 2.45) is 0 Å². The minimum atomic E-state index is -0.502. The fourth-order valence-corrected chi connectivity index (χ4v) is 7.11. The molecule has 1 aliphatic rings. The van der Waals surface area contributed by atoms with Gasteiger partial charge in [-0.05, 0) is 44.1 Å². The number of aromatic nitrogens is 3. The van der Waals surface area contributed by atoms with Crippen molar-refractivity contribution in [3.8, 4) is 11.6 Å². The molecule has 1 aliphatic heterocycles. The van der Waals surface area contributed by atoms with Gasteiger partial charge in [-0.3, -0.25) is 0 Å². The number of methoxy groups -OCH3 is 3. The third-order valence-corrected chi connectivity index (χ3v) is 9.68. The molecule has 8 nitrogen and oxygen atoms in total. The summed E-state index contributed by atoms with van der Waals surface area (Å²) in [5.74, 6) is 0.571. The van der Waals surface area contributed by atoms with Gasteiger partial charge in [-0.15, -0.1) is 5.10 Å². The van der Waals surface area contributed by atoms with E-state index in [9.17, 15) is 4.79 Å². The average Bonchev–Trinajstić information content (AvgIpc) is 3.73. The Morgan fingerprint density at radius 1 is 0.848 bits per heavy atom. The molecule has 0 N–H and O–H groups in total. The molecule has 0 radical (unpaired) electrons. The number of allylic oxidation sites excluding steroid dienone is 3. The van der Waals surface area contributed by atoms with Gasteiger partial charge in [0, 0.05) is 17.5 Å². The first-order valence-corrected chi connectivity index (χ1v) is 17.9. The molecule has 0 bridgehead atoms. The molecule has 0 atom stereocenters. The van der Waals surface area contributed by atoms with Gasteiger partial charge in [0.05, 0.1) is 43.1 Å². The molecule has 3 heterocycles. The second-order valence-corrected chi connectivity index (χ2v) is 12.8. The van der Waals surface area contributed by atoms with Gasteiger partial charge in [0.15, 0.2) is 11.2 Å². The minimum absolute atomic E-state index is 0.219. The van der Waals surface area contributed by atoms with Crippen molar-refractivity contribution in [3.05, 3.63) is 58.1 Å². The van der Waals surface area contributed by atoms with Crippen LogP contribution in [0, 0.1) is 0 Å². The molecule has 3 aromatic rings. The molecule has 0 amide bonds. The van der Waals surface area contributed by atoms with Crippen LogP contribution in [0.1, 0.15) is 113 Å². The van der Waals surface area contributed by atoms with E-state index in [4.69, 9.17) is 19.2 Å². The molecular weight excluding hydrogens is 596 g/mol. The molecule has 9 heteroatoms. The monoisotopic (exact) mass is 648 g/mol. The number of unbranched alkanes of at least 4 members (excludes halogenated alkanes) is 12. The van der Waals surface area contributed by atoms with Crippen molar-refractivity contribution < 1.29 is 19.0 Å². The first-order valence-electron chi connectivity index (χ1n) is 17.1. The Labute approximate surface area is 279 Å². The van der Waals surface area contributed by atoms with Gasteiger partial charge in [0.1, 0.15) is 5.75 Å². The van der Waals surface area contributed by atoms with E-state index < -0.39 is 5.97 Å². The molecule has 250 valence electrons. The highest BCUT2D eigenvalue weighted by Gasteiger charge is 2.26. The van der Waals surface area contributed by atoms with E-state index in [0.717, 1.165) is 53.3 Å². The Kier molecular flexibility index (Phi) is 14.3. The summed E-state index contributed by atoms with van der Waals surface area (Å²) in [5.41, 5.74) is 2.83. The molecule has 0 spiro atoms. The maximum Gasteiger partial charge on any atom is 0.347 e. The highest BCUT2D eigenvalue weighted by Crippen LogP contribution is 2.47. The number of carbonyl (C=O) groups excluding carboxylic acids is 1. The number of ether oxygens (including phenoxy) is 3. The van der Waals surface area contributed by atoms with Gasteiger partial charge in [0.25, 0.3) is 0 Å². The lowest BCUT2D eigenvalue weighted by Crippen LogP contribution is -2.16. The summed E-state index contributed by atoms with van der Waals surface area (Å²) in [7, 11) is 4.56. The lowest BCUT2D eigenvalue weighted by molar-refractivity contribution is 0.0599. The number of rotatable bonds is 20. The van der Waals surface area contributed by atoms with Crippen LogP contribution < -0.4 is 19.7 Å². The predicted octanol–water partition coefficient (Wildman–Crippen LogP) is 8.70. The number of thioether (sulfide) groups is 1. The summed E-state index contributed by atoms with van der Waals surface area (Å²) < 4.78 is 17.6. The third-order valence-electron chi connectivity index (χ3n) is 8.55. The first kappa shape index (κ1) is 35.4. The van der Waals surface area contributed by atoms with Gasteiger partial charge in [-0.1, -0.05) is 108 Å². The number of hydrogen-bond donors (Lipinski definition) is 0. The molecule has 1 aromatic carbocycles. The van der Waals surface area contributed by atoms with Crippen LogP contribution >= 0.6 is 11.8 Å². The van der Waals surface area contributed by atoms with Crippen LogP contribution in [-0.4, -0.2) is 48.4 Å². The highest BCUT2D eigenvalue weighted by molar-refractivity contribution is 8.03. The molecule has 46 heavy (non-hydrogen) atoms. The normalized spacial score (nSPS) is 14.2. The zero-order valence-electron chi connectivity index (χ0n) is 28.5. The van der Waals surface area contributed by atoms with E-state index in [0.29, 0.717) is 5.65 Å². The van der Waals surface area contributed by atoms with Crippen LogP contribution in [-0.2, 0) is 11.2 Å². The second-order valence-electron chi connectivity index (χ2n) is 11.8. The Bertz CT molecular complexity index is 1530. The van der Waals surface area contributed by atoms with Crippen LogP contribution in [0.2, 0.25) is 0 Å². The van der Waals surface area contributed by atoms with E-state index in [-0.39, 0.29) is 11.4 Å². The standard InChI is InChI=1S/C37H52N4O4S/c1-6-8-9-10-11-12-13-14-15-16-17-18-19-22-29-30(41-35(38-29)34(37(42)45-5)36(39-41)44-4)23-20-21-24-33-40(7-2)31-27-28(43-3)25-26-32(31)46-33/h20-21,23-27H,6-19,22H2,1-5H3/b21-20+,30-23-,33-24-. The van der Waals surface area contributed by atoms with E-state index in [1.165, 1.54) is 89.7 Å². The number of fused-ring (bicyclic) bond motifs is 2. The SMILES string of the molecule is CCCCCCCCCCCCCCCc1nc2c(C(=O)OC)c(OC)nn2\c1=C/C=C/C=C1\Sc2ccc(OC)cc2N1CC. The molecule has 0 aliphatic carbocycles. The van der Waals surface area contributed by atoms with Crippen molar-refractivity contribution in [2.45, 2.75) is 109 Å². The molecule has 0 fully saturated rings. The van der Waals surface area contributed by atoms with Crippen molar-refractivity contribution in [1.82, 2.24) is 14.6 Å². The van der Waals surface area contributed by atoms with E-state index in [1.807, 2.05) is 24.3 Å². The van der Waals surface area contributed by atoms with Gasteiger partial charge in [0.2, 0.25) is 5.88 Å². The molecule has 0 saturated carbocycles. The fraction of sp³-hybridized carbons (Fsp3) is 0.541. The largest absolute Gasteiger partial charge is 0.497 e. The summed E-state index contributed by atoms with van der Waals surface area (Å²) in [4.78, 5) is 21.0. The van der Waals surface area contributed by atoms with E-state index in [1.54, 1.807) is 23.4 Å². The van der Waals surface area contributed by atoms with Crippen LogP contribution in [0.25, 0.3) is 11.7 Å². The number of nitrogens with zero attached hydrogens (tertiary/aromatic N) is 4. The topological polar surface area (TPSA) is 78.2 Å².